The molecule has 7 heteroatoms. The first-order chi connectivity index (χ1) is 18.0. The molecule has 2 fully saturated rings. The van der Waals surface area contributed by atoms with E-state index in [1.807, 2.05) is 35.2 Å². The van der Waals surface area contributed by atoms with Crippen LogP contribution in [0.3, 0.4) is 0 Å². The van der Waals surface area contributed by atoms with Gasteiger partial charge in [-0.05, 0) is 54.8 Å². The van der Waals surface area contributed by atoms with Gasteiger partial charge in [0, 0.05) is 63.7 Å². The number of halogens is 1. The number of anilines is 1. The third-order valence-corrected chi connectivity index (χ3v) is 7.29. The molecule has 1 N–H and O–H groups in total. The Hall–Kier alpha value is -3.71. The summed E-state index contributed by atoms with van der Waals surface area (Å²) >= 11 is 0. The van der Waals surface area contributed by atoms with Gasteiger partial charge in [0.25, 0.3) is 5.91 Å². The number of carbonyl (C=O) groups excluding carboxylic acids is 1. The van der Waals surface area contributed by atoms with Gasteiger partial charge >= 0.3 is 0 Å². The van der Waals surface area contributed by atoms with E-state index in [0.717, 1.165) is 62.5 Å². The van der Waals surface area contributed by atoms with Gasteiger partial charge in [0.15, 0.2) is 0 Å². The SMILES string of the molecule is C=C(NC1CCN(c2ccccc2)CC1)c1ccc(C(=O)N2CCN(Cc3ccc(F)cc3)CC2)cn1. The Labute approximate surface area is 218 Å². The van der Waals surface area contributed by atoms with Crippen LogP contribution in [0.15, 0.2) is 79.5 Å². The Morgan fingerprint density at radius 3 is 2.27 bits per heavy atom. The highest BCUT2D eigenvalue weighted by Gasteiger charge is 2.23. The summed E-state index contributed by atoms with van der Waals surface area (Å²) in [5.74, 6) is -0.213. The molecule has 1 aromatic heterocycles. The largest absolute Gasteiger partial charge is 0.381 e. The van der Waals surface area contributed by atoms with Gasteiger partial charge in [-0.25, -0.2) is 4.39 Å². The van der Waals surface area contributed by atoms with Crippen molar-refractivity contribution in [3.8, 4) is 0 Å². The van der Waals surface area contributed by atoms with Gasteiger partial charge in [0.05, 0.1) is 17.0 Å². The fraction of sp³-hybridized carbons (Fsp3) is 0.333. The van der Waals surface area contributed by atoms with E-state index in [-0.39, 0.29) is 11.7 Å². The van der Waals surface area contributed by atoms with E-state index < -0.39 is 0 Å². The summed E-state index contributed by atoms with van der Waals surface area (Å²) in [6, 6.07) is 21.2. The lowest BCUT2D eigenvalue weighted by molar-refractivity contribution is 0.0628. The number of benzene rings is 2. The number of pyridine rings is 1. The summed E-state index contributed by atoms with van der Waals surface area (Å²) in [5.41, 5.74) is 4.52. The van der Waals surface area contributed by atoms with Crippen molar-refractivity contribution in [3.63, 3.8) is 0 Å². The average molecular weight is 500 g/mol. The Morgan fingerprint density at radius 1 is 0.919 bits per heavy atom. The van der Waals surface area contributed by atoms with Crippen LogP contribution in [0.25, 0.3) is 5.70 Å². The van der Waals surface area contributed by atoms with Crippen LogP contribution in [0.4, 0.5) is 10.1 Å². The van der Waals surface area contributed by atoms with E-state index in [4.69, 9.17) is 0 Å². The van der Waals surface area contributed by atoms with E-state index >= 15 is 0 Å². The standard InChI is InChI=1S/C30H34FN5O/c1-23(33-27-13-15-35(16-14-27)28-5-3-2-4-6-28)29-12-9-25(21-32-29)30(37)36-19-17-34(18-20-36)22-24-7-10-26(31)11-8-24/h2-12,21,27,33H,1,13-20,22H2. The van der Waals surface area contributed by atoms with Crippen molar-refractivity contribution < 1.29 is 9.18 Å². The van der Waals surface area contributed by atoms with Crippen LogP contribution in [0, 0.1) is 5.82 Å². The Bertz CT molecular complexity index is 1180. The number of carbonyl (C=O) groups is 1. The number of piperidine rings is 1. The minimum atomic E-state index is -0.220. The summed E-state index contributed by atoms with van der Waals surface area (Å²) in [6.07, 6.45) is 3.74. The normalized spacial score (nSPS) is 17.0. The maximum absolute atomic E-state index is 13.1. The number of para-hydroxylation sites is 1. The maximum atomic E-state index is 13.1. The van der Waals surface area contributed by atoms with Crippen LogP contribution in [-0.2, 0) is 6.54 Å². The lowest BCUT2D eigenvalue weighted by Crippen LogP contribution is -2.48. The molecule has 1 amide bonds. The van der Waals surface area contributed by atoms with Crippen LogP contribution in [0.1, 0.15) is 34.5 Å². The number of amides is 1. The average Bonchev–Trinajstić information content (AvgIpc) is 2.95. The Kier molecular flexibility index (Phi) is 7.80. The number of rotatable bonds is 7. The van der Waals surface area contributed by atoms with Crippen molar-refractivity contribution in [1.29, 1.82) is 0 Å². The molecule has 3 aromatic rings. The zero-order valence-electron chi connectivity index (χ0n) is 21.2. The molecular formula is C30H34FN5O. The number of nitrogens with zero attached hydrogens (tertiary/aromatic N) is 4. The zero-order valence-corrected chi connectivity index (χ0v) is 21.2. The van der Waals surface area contributed by atoms with E-state index in [1.165, 1.54) is 17.8 Å². The molecule has 0 radical (unpaired) electrons. The van der Waals surface area contributed by atoms with Gasteiger partial charge in [0.1, 0.15) is 5.82 Å². The fourth-order valence-electron chi connectivity index (χ4n) is 5.08. The highest BCUT2D eigenvalue weighted by molar-refractivity contribution is 5.94. The second-order valence-electron chi connectivity index (χ2n) is 9.85. The van der Waals surface area contributed by atoms with E-state index in [2.05, 4.69) is 50.9 Å². The molecule has 0 atom stereocenters. The molecular weight excluding hydrogens is 465 g/mol. The van der Waals surface area contributed by atoms with Gasteiger partial charge < -0.3 is 15.1 Å². The van der Waals surface area contributed by atoms with E-state index in [9.17, 15) is 9.18 Å². The van der Waals surface area contributed by atoms with Crippen molar-refractivity contribution in [2.24, 2.45) is 0 Å². The lowest BCUT2D eigenvalue weighted by Gasteiger charge is -2.35. The highest BCUT2D eigenvalue weighted by Crippen LogP contribution is 2.21. The van der Waals surface area contributed by atoms with Gasteiger partial charge in [-0.2, -0.15) is 0 Å². The summed E-state index contributed by atoms with van der Waals surface area (Å²) in [7, 11) is 0. The summed E-state index contributed by atoms with van der Waals surface area (Å²) in [5, 5.41) is 3.54. The first-order valence-corrected chi connectivity index (χ1v) is 13.0. The van der Waals surface area contributed by atoms with Crippen molar-refractivity contribution in [1.82, 2.24) is 20.1 Å². The number of nitrogens with one attached hydrogen (secondary N) is 1. The first kappa shape index (κ1) is 25.0. The van der Waals surface area contributed by atoms with Crippen molar-refractivity contribution in [2.75, 3.05) is 44.2 Å². The maximum Gasteiger partial charge on any atom is 0.255 e. The van der Waals surface area contributed by atoms with Crippen molar-refractivity contribution in [2.45, 2.75) is 25.4 Å². The molecule has 2 aromatic carbocycles. The first-order valence-electron chi connectivity index (χ1n) is 13.0. The molecule has 0 aliphatic carbocycles. The number of hydrogen-bond acceptors (Lipinski definition) is 5. The number of hydrogen-bond donors (Lipinski definition) is 1. The predicted molar refractivity (Wildman–Crippen MR) is 146 cm³/mol. The minimum absolute atomic E-state index is 0.00679. The van der Waals surface area contributed by atoms with Crippen LogP contribution in [-0.4, -0.2) is 66.0 Å². The molecule has 2 aliphatic heterocycles. The van der Waals surface area contributed by atoms with Crippen LogP contribution in [0.2, 0.25) is 0 Å². The van der Waals surface area contributed by atoms with Crippen molar-refractivity contribution in [3.05, 3.63) is 102 Å². The molecule has 0 unspecified atom stereocenters. The third kappa shape index (κ3) is 6.35. The van der Waals surface area contributed by atoms with Gasteiger partial charge in [-0.3, -0.25) is 14.7 Å². The van der Waals surface area contributed by atoms with Gasteiger partial charge in [-0.1, -0.05) is 36.9 Å². The highest BCUT2D eigenvalue weighted by atomic mass is 19.1. The van der Waals surface area contributed by atoms with Crippen LogP contribution in [0.5, 0.6) is 0 Å². The van der Waals surface area contributed by atoms with Gasteiger partial charge in [0.2, 0.25) is 0 Å². The van der Waals surface area contributed by atoms with E-state index in [1.54, 1.807) is 6.20 Å². The quantitative estimate of drug-likeness (QED) is 0.522. The predicted octanol–water partition coefficient (Wildman–Crippen LogP) is 4.41. The number of piperazine rings is 1. The second-order valence-corrected chi connectivity index (χ2v) is 9.85. The lowest BCUT2D eigenvalue weighted by atomic mass is 10.0. The Morgan fingerprint density at radius 2 is 1.62 bits per heavy atom. The van der Waals surface area contributed by atoms with Crippen molar-refractivity contribution >= 4 is 17.3 Å². The summed E-state index contributed by atoms with van der Waals surface area (Å²) in [4.78, 5) is 24.2. The molecule has 0 saturated carbocycles. The minimum Gasteiger partial charge on any atom is -0.381 e. The molecule has 5 rings (SSSR count). The summed E-state index contributed by atoms with van der Waals surface area (Å²) < 4.78 is 13.1. The zero-order chi connectivity index (χ0) is 25.6. The third-order valence-electron chi connectivity index (χ3n) is 7.29. The van der Waals surface area contributed by atoms with Gasteiger partial charge in [-0.15, -0.1) is 0 Å². The molecule has 2 saturated heterocycles. The van der Waals surface area contributed by atoms with E-state index in [0.29, 0.717) is 24.7 Å². The monoisotopic (exact) mass is 499 g/mol. The van der Waals surface area contributed by atoms with Crippen LogP contribution < -0.4 is 10.2 Å². The Balaban J connectivity index is 1.08. The number of aromatic nitrogens is 1. The second kappa shape index (κ2) is 11.6. The molecule has 37 heavy (non-hydrogen) atoms. The molecule has 0 bridgehead atoms. The smallest absolute Gasteiger partial charge is 0.255 e. The molecule has 0 spiro atoms. The summed E-state index contributed by atoms with van der Waals surface area (Å²) in [6.45, 7) is 9.88. The molecule has 6 nitrogen and oxygen atoms in total. The molecule has 3 heterocycles. The fourth-order valence-corrected chi connectivity index (χ4v) is 5.08. The molecule has 2 aliphatic rings. The topological polar surface area (TPSA) is 51.7 Å². The molecule has 192 valence electrons. The van der Waals surface area contributed by atoms with Crippen LogP contribution >= 0.6 is 0 Å².